The molecule has 0 saturated carbocycles. The largest absolute Gasteiger partial charge is 0.325 e. The molecule has 3 nitrogen and oxygen atoms in total. The molecule has 0 unspecified atom stereocenters. The topological polar surface area (TPSA) is 42.0 Å². The zero-order chi connectivity index (χ0) is 16.2. The maximum Gasteiger partial charge on any atom is 0.237 e. The number of anilines is 1. The quantitative estimate of drug-likeness (QED) is 0.613. The van der Waals surface area contributed by atoms with E-state index in [9.17, 15) is 4.79 Å². The van der Waals surface area contributed by atoms with Crippen LogP contribution in [0.4, 0.5) is 5.69 Å². The number of rotatable bonds is 5. The van der Waals surface area contributed by atoms with Gasteiger partial charge in [0.2, 0.25) is 5.91 Å². The van der Waals surface area contributed by atoms with Crippen LogP contribution < -0.4 is 5.32 Å². The van der Waals surface area contributed by atoms with Gasteiger partial charge in [0.1, 0.15) is 0 Å². The summed E-state index contributed by atoms with van der Waals surface area (Å²) in [6.07, 6.45) is 0.736. The fraction of sp³-hybridized carbons (Fsp3) is 0.176. The van der Waals surface area contributed by atoms with Crippen molar-refractivity contribution in [1.82, 2.24) is 4.98 Å². The maximum absolute atomic E-state index is 12.5. The average molecular weight is 363 g/mol. The summed E-state index contributed by atoms with van der Waals surface area (Å²) in [5, 5.41) is 3.41. The molecule has 0 aliphatic carbocycles. The number of hydrogen-bond donors (Lipinski definition) is 1. The van der Waals surface area contributed by atoms with E-state index in [2.05, 4.69) is 10.3 Å². The van der Waals surface area contributed by atoms with E-state index in [1.165, 1.54) is 11.8 Å². The van der Waals surface area contributed by atoms with Crippen molar-refractivity contribution in [2.75, 3.05) is 5.32 Å². The Hall–Kier alpha value is -1.56. The summed E-state index contributed by atoms with van der Waals surface area (Å²) in [5.74, 6) is -0.0147. The lowest BCUT2D eigenvalue weighted by atomic mass is 10.3. The highest BCUT2D eigenvalue weighted by Gasteiger charge is 2.20. The van der Waals surface area contributed by atoms with Crippen LogP contribution >= 0.6 is 34.7 Å². The first kappa shape index (κ1) is 16.3. The lowest BCUT2D eigenvalue weighted by Crippen LogP contribution is -2.24. The van der Waals surface area contributed by atoms with E-state index in [1.54, 1.807) is 35.6 Å². The summed E-state index contributed by atoms with van der Waals surface area (Å²) in [7, 11) is 0. The van der Waals surface area contributed by atoms with E-state index in [0.29, 0.717) is 5.02 Å². The molecular weight excluding hydrogens is 348 g/mol. The number of thioether (sulfide) groups is 1. The molecule has 1 amide bonds. The number of fused-ring (bicyclic) bond motifs is 1. The summed E-state index contributed by atoms with van der Waals surface area (Å²) in [5.41, 5.74) is 1.73. The van der Waals surface area contributed by atoms with E-state index in [0.717, 1.165) is 26.7 Å². The van der Waals surface area contributed by atoms with Crippen molar-refractivity contribution in [2.24, 2.45) is 0 Å². The highest BCUT2D eigenvalue weighted by atomic mass is 35.5. The molecule has 3 rings (SSSR count). The van der Waals surface area contributed by atoms with E-state index in [1.807, 2.05) is 31.2 Å². The van der Waals surface area contributed by atoms with Crippen LogP contribution in [0.15, 0.2) is 52.9 Å². The lowest BCUT2D eigenvalue weighted by Gasteiger charge is -2.13. The molecule has 1 atom stereocenters. The molecule has 118 valence electrons. The minimum atomic E-state index is -0.175. The highest BCUT2D eigenvalue weighted by Crippen LogP contribution is 2.33. The number of amides is 1. The summed E-state index contributed by atoms with van der Waals surface area (Å²) in [4.78, 5) is 17.0. The normalized spacial score (nSPS) is 12.3. The summed E-state index contributed by atoms with van der Waals surface area (Å²) < 4.78 is 2.06. The van der Waals surface area contributed by atoms with Gasteiger partial charge in [-0.05, 0) is 42.8 Å². The number of aromatic nitrogens is 1. The Morgan fingerprint density at radius 1 is 1.26 bits per heavy atom. The van der Waals surface area contributed by atoms with Crippen LogP contribution in [-0.4, -0.2) is 16.1 Å². The molecule has 23 heavy (non-hydrogen) atoms. The Morgan fingerprint density at radius 2 is 2.00 bits per heavy atom. The molecule has 1 N–H and O–H groups in total. The molecular formula is C17H15ClN2OS2. The number of nitrogens with one attached hydrogen (secondary N) is 1. The van der Waals surface area contributed by atoms with Crippen molar-refractivity contribution in [2.45, 2.75) is 22.9 Å². The van der Waals surface area contributed by atoms with Gasteiger partial charge in [-0.3, -0.25) is 4.79 Å². The molecule has 1 heterocycles. The van der Waals surface area contributed by atoms with Crippen molar-refractivity contribution < 1.29 is 4.79 Å². The first-order valence-electron chi connectivity index (χ1n) is 7.24. The fourth-order valence-corrected chi connectivity index (χ4v) is 4.46. The van der Waals surface area contributed by atoms with E-state index in [4.69, 9.17) is 11.6 Å². The van der Waals surface area contributed by atoms with Crippen molar-refractivity contribution in [3.8, 4) is 0 Å². The van der Waals surface area contributed by atoms with E-state index in [-0.39, 0.29) is 11.2 Å². The van der Waals surface area contributed by atoms with Crippen molar-refractivity contribution >= 4 is 56.5 Å². The number of halogens is 1. The smallest absolute Gasteiger partial charge is 0.237 e. The Morgan fingerprint density at radius 3 is 2.70 bits per heavy atom. The molecule has 0 radical (unpaired) electrons. The minimum absolute atomic E-state index is 0.0147. The number of benzene rings is 2. The molecule has 0 aliphatic rings. The van der Waals surface area contributed by atoms with Crippen LogP contribution in [0.2, 0.25) is 5.02 Å². The van der Waals surface area contributed by atoms with Crippen molar-refractivity contribution in [3.63, 3.8) is 0 Å². The van der Waals surface area contributed by atoms with E-state index >= 15 is 0 Å². The van der Waals surface area contributed by atoms with Crippen LogP contribution in [0.1, 0.15) is 13.3 Å². The standard InChI is InChI=1S/C17H15ClN2OS2/c1-2-14(16(21)19-12-9-7-11(18)8-10-12)22-17-20-13-5-3-4-6-15(13)23-17/h3-10,14H,2H2,1H3,(H,19,21)/t14-/m0/s1. The van der Waals surface area contributed by atoms with Gasteiger partial charge in [-0.1, -0.05) is 42.4 Å². The Kier molecular flexibility index (Phi) is 5.20. The predicted molar refractivity (Wildman–Crippen MR) is 99.6 cm³/mol. The van der Waals surface area contributed by atoms with Crippen molar-refractivity contribution in [3.05, 3.63) is 53.6 Å². The number of nitrogens with zero attached hydrogens (tertiary/aromatic N) is 1. The Bertz CT molecular complexity index is 784. The summed E-state index contributed by atoms with van der Waals surface area (Å²) >= 11 is 9.00. The predicted octanol–water partition coefficient (Wildman–Crippen LogP) is 5.46. The van der Waals surface area contributed by atoms with Gasteiger partial charge < -0.3 is 5.32 Å². The fourth-order valence-electron chi connectivity index (χ4n) is 2.10. The minimum Gasteiger partial charge on any atom is -0.325 e. The first-order chi connectivity index (χ1) is 11.2. The molecule has 6 heteroatoms. The van der Waals surface area contributed by atoms with Gasteiger partial charge in [-0.25, -0.2) is 4.98 Å². The van der Waals surface area contributed by atoms with Crippen LogP contribution in [0.25, 0.3) is 10.2 Å². The van der Waals surface area contributed by atoms with Gasteiger partial charge in [0.15, 0.2) is 4.34 Å². The van der Waals surface area contributed by atoms with Gasteiger partial charge in [0.25, 0.3) is 0 Å². The second kappa shape index (κ2) is 7.34. The monoisotopic (exact) mass is 362 g/mol. The molecule has 2 aromatic carbocycles. The number of carbonyl (C=O) groups excluding carboxylic acids is 1. The van der Waals surface area contributed by atoms with Crippen molar-refractivity contribution in [1.29, 1.82) is 0 Å². The van der Waals surface area contributed by atoms with Gasteiger partial charge in [-0.15, -0.1) is 11.3 Å². The lowest BCUT2D eigenvalue weighted by molar-refractivity contribution is -0.115. The second-order valence-electron chi connectivity index (χ2n) is 4.96. The third-order valence-corrected chi connectivity index (χ3v) is 6.04. The molecule has 1 aromatic heterocycles. The molecule has 0 bridgehead atoms. The third kappa shape index (κ3) is 4.05. The van der Waals surface area contributed by atoms with Gasteiger partial charge >= 0.3 is 0 Å². The van der Waals surface area contributed by atoms with Gasteiger partial charge in [0, 0.05) is 10.7 Å². The molecule has 3 aromatic rings. The summed E-state index contributed by atoms with van der Waals surface area (Å²) in [6.45, 7) is 2.01. The zero-order valence-electron chi connectivity index (χ0n) is 12.5. The van der Waals surface area contributed by atoms with Crippen LogP contribution in [0, 0.1) is 0 Å². The van der Waals surface area contributed by atoms with Crippen LogP contribution in [0.3, 0.4) is 0 Å². The molecule has 0 spiro atoms. The Labute approximate surface area is 148 Å². The van der Waals surface area contributed by atoms with E-state index < -0.39 is 0 Å². The first-order valence-corrected chi connectivity index (χ1v) is 9.32. The Balaban J connectivity index is 1.71. The molecule has 0 aliphatic heterocycles. The van der Waals surface area contributed by atoms with Gasteiger partial charge in [0.05, 0.1) is 15.5 Å². The average Bonchev–Trinajstić information content (AvgIpc) is 2.97. The molecule has 0 fully saturated rings. The number of carbonyl (C=O) groups is 1. The SMILES string of the molecule is CC[C@H](Sc1nc2ccccc2s1)C(=O)Nc1ccc(Cl)cc1. The van der Waals surface area contributed by atoms with Gasteiger partial charge in [-0.2, -0.15) is 0 Å². The zero-order valence-corrected chi connectivity index (χ0v) is 14.8. The number of thiazole rings is 1. The highest BCUT2D eigenvalue weighted by molar-refractivity contribution is 8.02. The van der Waals surface area contributed by atoms with Crippen LogP contribution in [-0.2, 0) is 4.79 Å². The molecule has 0 saturated heterocycles. The summed E-state index contributed by atoms with van der Waals surface area (Å²) in [6, 6.07) is 15.1. The number of para-hydroxylation sites is 1. The third-order valence-electron chi connectivity index (χ3n) is 3.29. The second-order valence-corrected chi connectivity index (χ2v) is 7.88. The number of hydrogen-bond acceptors (Lipinski definition) is 4. The maximum atomic E-state index is 12.5. The van der Waals surface area contributed by atoms with Crippen LogP contribution in [0.5, 0.6) is 0 Å².